The number of benzene rings is 1. The number of nitrogens with zero attached hydrogens (tertiary/aromatic N) is 1. The molecule has 0 spiro atoms. The summed E-state index contributed by atoms with van der Waals surface area (Å²) in [6.45, 7) is 7.58. The van der Waals surface area contributed by atoms with E-state index in [2.05, 4.69) is 5.32 Å². The highest BCUT2D eigenvalue weighted by atomic mass is 16.6. The van der Waals surface area contributed by atoms with Gasteiger partial charge in [-0.25, -0.2) is 4.79 Å². The van der Waals surface area contributed by atoms with Crippen molar-refractivity contribution in [2.24, 2.45) is 5.92 Å². The number of ether oxygens (including phenoxy) is 4. The molecule has 1 heterocycles. The number of amides is 2. The van der Waals surface area contributed by atoms with Gasteiger partial charge in [-0.1, -0.05) is 0 Å². The van der Waals surface area contributed by atoms with Gasteiger partial charge in [0.15, 0.2) is 6.10 Å². The Bertz CT molecular complexity index is 804. The molecule has 9 nitrogen and oxygen atoms in total. The van der Waals surface area contributed by atoms with Gasteiger partial charge in [0.1, 0.15) is 17.1 Å². The first-order chi connectivity index (χ1) is 14.5. The Morgan fingerprint density at radius 2 is 1.87 bits per heavy atom. The standard InChI is InChI=1S/C22H32N2O7/c1-14(19(25)23-17-12-16(28-5)9-10-18(17)29-6)30-20(26)15-8-7-11-24(13-15)21(27)31-22(2,3)4/h9-10,12,14-15H,7-8,11,13H2,1-6H3,(H,23,25). The molecule has 0 bridgehead atoms. The van der Waals surface area contributed by atoms with Gasteiger partial charge in [0.2, 0.25) is 0 Å². The zero-order chi connectivity index (χ0) is 23.2. The lowest BCUT2D eigenvalue weighted by Gasteiger charge is -2.33. The summed E-state index contributed by atoms with van der Waals surface area (Å²) >= 11 is 0. The summed E-state index contributed by atoms with van der Waals surface area (Å²) in [5.41, 5.74) is -0.207. The van der Waals surface area contributed by atoms with Crippen molar-refractivity contribution in [3.05, 3.63) is 18.2 Å². The van der Waals surface area contributed by atoms with Gasteiger partial charge in [-0.2, -0.15) is 0 Å². The van der Waals surface area contributed by atoms with Gasteiger partial charge < -0.3 is 29.2 Å². The Balaban J connectivity index is 1.95. The second-order valence-electron chi connectivity index (χ2n) is 8.40. The van der Waals surface area contributed by atoms with Crippen molar-refractivity contribution < 1.29 is 33.3 Å². The predicted molar refractivity (Wildman–Crippen MR) is 114 cm³/mol. The van der Waals surface area contributed by atoms with Crippen LogP contribution in [0.25, 0.3) is 0 Å². The van der Waals surface area contributed by atoms with Crippen LogP contribution in [-0.4, -0.2) is 61.9 Å². The Hall–Kier alpha value is -2.97. The van der Waals surface area contributed by atoms with Gasteiger partial charge in [-0.3, -0.25) is 9.59 Å². The Labute approximate surface area is 183 Å². The maximum atomic E-state index is 12.6. The normalized spacial score (nSPS) is 17.4. The number of anilines is 1. The smallest absolute Gasteiger partial charge is 0.410 e. The third-order valence-corrected chi connectivity index (χ3v) is 4.73. The number of carbonyl (C=O) groups is 3. The van der Waals surface area contributed by atoms with Crippen molar-refractivity contribution in [3.8, 4) is 11.5 Å². The lowest BCUT2D eigenvalue weighted by molar-refractivity contribution is -0.158. The number of methoxy groups -OCH3 is 2. The first-order valence-electron chi connectivity index (χ1n) is 10.3. The highest BCUT2D eigenvalue weighted by Gasteiger charge is 2.33. The van der Waals surface area contributed by atoms with Crippen LogP contribution >= 0.6 is 0 Å². The molecular formula is C22H32N2O7. The van der Waals surface area contributed by atoms with E-state index < -0.39 is 35.6 Å². The summed E-state index contributed by atoms with van der Waals surface area (Å²) in [7, 11) is 3.00. The molecule has 172 valence electrons. The zero-order valence-electron chi connectivity index (χ0n) is 19.0. The minimum absolute atomic E-state index is 0.200. The molecule has 2 amide bonds. The number of likely N-dealkylation sites (tertiary alicyclic amines) is 1. The maximum Gasteiger partial charge on any atom is 0.410 e. The summed E-state index contributed by atoms with van der Waals surface area (Å²) in [6.07, 6.45) is -0.252. The van der Waals surface area contributed by atoms with Crippen LogP contribution < -0.4 is 14.8 Å². The topological polar surface area (TPSA) is 103 Å². The third-order valence-electron chi connectivity index (χ3n) is 4.73. The zero-order valence-corrected chi connectivity index (χ0v) is 19.0. The van der Waals surface area contributed by atoms with Crippen LogP contribution in [0.15, 0.2) is 18.2 Å². The fourth-order valence-electron chi connectivity index (χ4n) is 3.13. The molecule has 1 fully saturated rings. The molecule has 1 aliphatic heterocycles. The number of hydrogen-bond acceptors (Lipinski definition) is 7. The molecule has 0 radical (unpaired) electrons. The van der Waals surface area contributed by atoms with E-state index in [0.29, 0.717) is 36.6 Å². The maximum absolute atomic E-state index is 12.6. The van der Waals surface area contributed by atoms with Crippen molar-refractivity contribution >= 4 is 23.7 Å². The van der Waals surface area contributed by atoms with E-state index in [1.165, 1.54) is 26.0 Å². The number of piperidine rings is 1. The van der Waals surface area contributed by atoms with E-state index in [9.17, 15) is 14.4 Å². The van der Waals surface area contributed by atoms with Crippen LogP contribution in [0.4, 0.5) is 10.5 Å². The summed E-state index contributed by atoms with van der Waals surface area (Å²) in [4.78, 5) is 39.0. The monoisotopic (exact) mass is 436 g/mol. The first-order valence-corrected chi connectivity index (χ1v) is 10.3. The quantitative estimate of drug-likeness (QED) is 0.683. The number of carbonyl (C=O) groups excluding carboxylic acids is 3. The van der Waals surface area contributed by atoms with Gasteiger partial charge in [0.25, 0.3) is 5.91 Å². The van der Waals surface area contributed by atoms with Crippen LogP contribution in [-0.2, 0) is 19.1 Å². The molecule has 1 N–H and O–H groups in total. The van der Waals surface area contributed by atoms with Crippen LogP contribution in [0.1, 0.15) is 40.5 Å². The van der Waals surface area contributed by atoms with Crippen LogP contribution in [0.5, 0.6) is 11.5 Å². The average molecular weight is 437 g/mol. The molecular weight excluding hydrogens is 404 g/mol. The second-order valence-corrected chi connectivity index (χ2v) is 8.40. The van der Waals surface area contributed by atoms with Crippen LogP contribution in [0.2, 0.25) is 0 Å². The summed E-state index contributed by atoms with van der Waals surface area (Å²) < 4.78 is 21.2. The largest absolute Gasteiger partial charge is 0.497 e. The van der Waals surface area contributed by atoms with Crippen LogP contribution in [0, 0.1) is 5.92 Å². The molecule has 0 aliphatic carbocycles. The highest BCUT2D eigenvalue weighted by molar-refractivity contribution is 5.96. The lowest BCUT2D eigenvalue weighted by Crippen LogP contribution is -2.45. The Kier molecular flexibility index (Phi) is 8.13. The van der Waals surface area contributed by atoms with Gasteiger partial charge in [-0.15, -0.1) is 0 Å². The summed E-state index contributed by atoms with van der Waals surface area (Å²) in [5, 5.41) is 2.69. The minimum Gasteiger partial charge on any atom is -0.497 e. The van der Waals surface area contributed by atoms with E-state index in [4.69, 9.17) is 18.9 Å². The third kappa shape index (κ3) is 7.04. The first kappa shape index (κ1) is 24.3. The van der Waals surface area contributed by atoms with E-state index in [-0.39, 0.29) is 6.54 Å². The Morgan fingerprint density at radius 1 is 1.16 bits per heavy atom. The van der Waals surface area contributed by atoms with E-state index >= 15 is 0 Å². The Morgan fingerprint density at radius 3 is 2.48 bits per heavy atom. The number of nitrogens with one attached hydrogen (secondary N) is 1. The van der Waals surface area contributed by atoms with Gasteiger partial charge in [-0.05, 0) is 52.7 Å². The molecule has 2 atom stereocenters. The van der Waals surface area contributed by atoms with Crippen molar-refractivity contribution in [2.75, 3.05) is 32.6 Å². The van der Waals surface area contributed by atoms with Crippen LogP contribution in [0.3, 0.4) is 0 Å². The number of rotatable bonds is 6. The van der Waals surface area contributed by atoms with Crippen molar-refractivity contribution in [1.29, 1.82) is 0 Å². The molecule has 9 heteroatoms. The van der Waals surface area contributed by atoms with Gasteiger partial charge >= 0.3 is 12.1 Å². The minimum atomic E-state index is -1.03. The summed E-state index contributed by atoms with van der Waals surface area (Å²) in [5.74, 6) is -0.533. The molecule has 2 rings (SSSR count). The molecule has 2 unspecified atom stereocenters. The fraction of sp³-hybridized carbons (Fsp3) is 0.591. The second kappa shape index (κ2) is 10.4. The number of esters is 1. The molecule has 1 aromatic carbocycles. The molecule has 0 aromatic heterocycles. The highest BCUT2D eigenvalue weighted by Crippen LogP contribution is 2.29. The van der Waals surface area contributed by atoms with Crippen molar-refractivity contribution in [2.45, 2.75) is 52.2 Å². The fourth-order valence-corrected chi connectivity index (χ4v) is 3.13. The predicted octanol–water partition coefficient (Wildman–Crippen LogP) is 3.22. The molecule has 1 aliphatic rings. The number of hydrogen-bond donors (Lipinski definition) is 1. The summed E-state index contributed by atoms with van der Waals surface area (Å²) in [6, 6.07) is 4.99. The van der Waals surface area contributed by atoms with Gasteiger partial charge in [0, 0.05) is 19.2 Å². The van der Waals surface area contributed by atoms with Crippen molar-refractivity contribution in [3.63, 3.8) is 0 Å². The van der Waals surface area contributed by atoms with E-state index in [1.807, 2.05) is 0 Å². The molecule has 31 heavy (non-hydrogen) atoms. The van der Waals surface area contributed by atoms with E-state index in [0.717, 1.165) is 0 Å². The van der Waals surface area contributed by atoms with E-state index in [1.54, 1.807) is 39.0 Å². The SMILES string of the molecule is COc1ccc(OC)c(NC(=O)C(C)OC(=O)C2CCCN(C(=O)OC(C)(C)C)C2)c1. The molecule has 0 saturated carbocycles. The average Bonchev–Trinajstić information content (AvgIpc) is 2.72. The molecule has 1 saturated heterocycles. The lowest BCUT2D eigenvalue weighted by atomic mass is 9.98. The van der Waals surface area contributed by atoms with Crippen molar-refractivity contribution in [1.82, 2.24) is 4.90 Å². The molecule has 1 aromatic rings. The van der Waals surface area contributed by atoms with Gasteiger partial charge in [0.05, 0.1) is 25.8 Å².